The van der Waals surface area contributed by atoms with Crippen molar-refractivity contribution in [1.29, 1.82) is 0 Å². The SMILES string of the molecule is CCCn1ccnc1NC1CC(C)(C)CC(C)(C)C1. The Morgan fingerprint density at radius 3 is 2.47 bits per heavy atom. The van der Waals surface area contributed by atoms with E-state index in [2.05, 4.69) is 55.7 Å². The van der Waals surface area contributed by atoms with Gasteiger partial charge in [0.1, 0.15) is 0 Å². The molecule has 0 bridgehead atoms. The molecule has 108 valence electrons. The van der Waals surface area contributed by atoms with Crippen molar-refractivity contribution in [3.63, 3.8) is 0 Å². The molecule has 3 nitrogen and oxygen atoms in total. The van der Waals surface area contributed by atoms with Gasteiger partial charge < -0.3 is 9.88 Å². The van der Waals surface area contributed by atoms with Crippen molar-refractivity contribution in [1.82, 2.24) is 9.55 Å². The topological polar surface area (TPSA) is 29.9 Å². The lowest BCUT2D eigenvalue weighted by atomic mass is 9.63. The maximum atomic E-state index is 4.48. The van der Waals surface area contributed by atoms with Gasteiger partial charge in [0.15, 0.2) is 0 Å². The summed E-state index contributed by atoms with van der Waals surface area (Å²) in [7, 11) is 0. The van der Waals surface area contributed by atoms with Crippen LogP contribution in [0.5, 0.6) is 0 Å². The molecule has 0 unspecified atom stereocenters. The predicted octanol–water partition coefficient (Wildman–Crippen LogP) is 4.31. The van der Waals surface area contributed by atoms with Gasteiger partial charge in [-0.25, -0.2) is 4.98 Å². The van der Waals surface area contributed by atoms with Crippen molar-refractivity contribution < 1.29 is 0 Å². The van der Waals surface area contributed by atoms with Crippen molar-refractivity contribution in [2.75, 3.05) is 5.32 Å². The van der Waals surface area contributed by atoms with E-state index >= 15 is 0 Å². The second-order valence-corrected chi connectivity index (χ2v) is 7.70. The first-order chi connectivity index (χ1) is 8.81. The molecule has 0 spiro atoms. The lowest BCUT2D eigenvalue weighted by Crippen LogP contribution is -2.40. The third-order valence-corrected chi connectivity index (χ3v) is 4.07. The van der Waals surface area contributed by atoms with Crippen LogP contribution in [0.15, 0.2) is 12.4 Å². The highest BCUT2D eigenvalue weighted by atomic mass is 15.2. The summed E-state index contributed by atoms with van der Waals surface area (Å²) < 4.78 is 2.23. The van der Waals surface area contributed by atoms with Crippen LogP contribution in [0.3, 0.4) is 0 Å². The van der Waals surface area contributed by atoms with Gasteiger partial charge in [0, 0.05) is 25.0 Å². The minimum Gasteiger partial charge on any atom is -0.353 e. The number of nitrogens with zero attached hydrogens (tertiary/aromatic N) is 2. The minimum atomic E-state index is 0.418. The fraction of sp³-hybridized carbons (Fsp3) is 0.812. The van der Waals surface area contributed by atoms with E-state index in [1.54, 1.807) is 0 Å². The van der Waals surface area contributed by atoms with E-state index in [1.807, 2.05) is 6.20 Å². The van der Waals surface area contributed by atoms with Crippen LogP contribution in [0, 0.1) is 10.8 Å². The fourth-order valence-electron chi connectivity index (χ4n) is 4.00. The van der Waals surface area contributed by atoms with Crippen LogP contribution in [-0.2, 0) is 6.54 Å². The van der Waals surface area contributed by atoms with Crippen molar-refractivity contribution in [2.45, 2.75) is 72.9 Å². The molecule has 0 radical (unpaired) electrons. The number of hydrogen-bond acceptors (Lipinski definition) is 2. The maximum absolute atomic E-state index is 4.48. The van der Waals surface area contributed by atoms with E-state index in [0.717, 1.165) is 18.9 Å². The number of imidazole rings is 1. The first-order valence-electron chi connectivity index (χ1n) is 7.59. The molecule has 1 N–H and O–H groups in total. The van der Waals surface area contributed by atoms with E-state index in [1.165, 1.54) is 19.3 Å². The quantitative estimate of drug-likeness (QED) is 0.877. The number of rotatable bonds is 4. The van der Waals surface area contributed by atoms with E-state index in [9.17, 15) is 0 Å². The lowest BCUT2D eigenvalue weighted by molar-refractivity contribution is 0.105. The van der Waals surface area contributed by atoms with Crippen molar-refractivity contribution in [2.24, 2.45) is 10.8 Å². The Balaban J connectivity index is 2.07. The average molecular weight is 263 g/mol. The first kappa shape index (κ1) is 14.4. The lowest BCUT2D eigenvalue weighted by Gasteiger charge is -2.45. The summed E-state index contributed by atoms with van der Waals surface area (Å²) in [6, 6.07) is 0.539. The Kier molecular flexibility index (Phi) is 3.93. The van der Waals surface area contributed by atoms with Gasteiger partial charge >= 0.3 is 0 Å². The standard InChI is InChI=1S/C16H29N3/c1-6-8-19-9-7-17-14(19)18-13-10-15(2,3)12-16(4,5)11-13/h7,9,13H,6,8,10-12H2,1-5H3,(H,17,18). The molecule has 1 aromatic heterocycles. The van der Waals surface area contributed by atoms with E-state index < -0.39 is 0 Å². The molecule has 1 fully saturated rings. The van der Waals surface area contributed by atoms with Crippen LogP contribution in [0.25, 0.3) is 0 Å². The second-order valence-electron chi connectivity index (χ2n) is 7.70. The van der Waals surface area contributed by atoms with Crippen LogP contribution in [0.4, 0.5) is 5.95 Å². The Bertz CT molecular complexity index is 401. The molecular weight excluding hydrogens is 234 g/mol. The van der Waals surface area contributed by atoms with Crippen molar-refractivity contribution in [3.05, 3.63) is 12.4 Å². The van der Waals surface area contributed by atoms with Gasteiger partial charge in [-0.3, -0.25) is 0 Å². The zero-order valence-corrected chi connectivity index (χ0v) is 13.2. The number of anilines is 1. The molecule has 1 aromatic rings. The highest BCUT2D eigenvalue weighted by Crippen LogP contribution is 2.46. The van der Waals surface area contributed by atoms with Gasteiger partial charge in [0.05, 0.1) is 0 Å². The summed E-state index contributed by atoms with van der Waals surface area (Å²) in [6.45, 7) is 12.8. The number of nitrogens with one attached hydrogen (secondary N) is 1. The minimum absolute atomic E-state index is 0.418. The van der Waals surface area contributed by atoms with Crippen molar-refractivity contribution >= 4 is 5.95 Å². The summed E-state index contributed by atoms with van der Waals surface area (Å²) in [5, 5.41) is 3.68. The van der Waals surface area contributed by atoms with E-state index in [-0.39, 0.29) is 0 Å². The zero-order chi connectivity index (χ0) is 14.1. The van der Waals surface area contributed by atoms with E-state index in [4.69, 9.17) is 0 Å². The third-order valence-electron chi connectivity index (χ3n) is 4.07. The van der Waals surface area contributed by atoms with Crippen LogP contribution in [0.1, 0.15) is 60.3 Å². The number of aryl methyl sites for hydroxylation is 1. The third kappa shape index (κ3) is 3.74. The van der Waals surface area contributed by atoms with Gasteiger partial charge in [-0.15, -0.1) is 0 Å². The predicted molar refractivity (Wildman–Crippen MR) is 81.3 cm³/mol. The Morgan fingerprint density at radius 1 is 1.26 bits per heavy atom. The largest absolute Gasteiger partial charge is 0.353 e. The first-order valence-corrected chi connectivity index (χ1v) is 7.59. The number of aromatic nitrogens is 2. The fourth-order valence-corrected chi connectivity index (χ4v) is 4.00. The highest BCUT2D eigenvalue weighted by Gasteiger charge is 2.38. The van der Waals surface area contributed by atoms with Crippen molar-refractivity contribution in [3.8, 4) is 0 Å². The van der Waals surface area contributed by atoms with Gasteiger partial charge in [-0.05, 0) is 36.5 Å². The summed E-state index contributed by atoms with van der Waals surface area (Å²) in [5.74, 6) is 1.04. The summed E-state index contributed by atoms with van der Waals surface area (Å²) in [5.41, 5.74) is 0.836. The maximum Gasteiger partial charge on any atom is 0.202 e. The highest BCUT2D eigenvalue weighted by molar-refractivity contribution is 5.28. The van der Waals surface area contributed by atoms with Crippen LogP contribution >= 0.6 is 0 Å². The van der Waals surface area contributed by atoms with Crippen LogP contribution in [0.2, 0.25) is 0 Å². The van der Waals surface area contributed by atoms with Gasteiger partial charge in [0.25, 0.3) is 0 Å². The number of hydrogen-bond donors (Lipinski definition) is 1. The summed E-state index contributed by atoms with van der Waals surface area (Å²) >= 11 is 0. The molecular formula is C16H29N3. The van der Waals surface area contributed by atoms with E-state index in [0.29, 0.717) is 16.9 Å². The second kappa shape index (κ2) is 5.18. The van der Waals surface area contributed by atoms with Crippen LogP contribution < -0.4 is 5.32 Å². The summed E-state index contributed by atoms with van der Waals surface area (Å²) in [4.78, 5) is 4.48. The Hall–Kier alpha value is -0.990. The summed E-state index contributed by atoms with van der Waals surface area (Å²) in [6.07, 6.45) is 8.89. The van der Waals surface area contributed by atoms with Gasteiger partial charge in [-0.1, -0.05) is 34.6 Å². The molecule has 1 saturated carbocycles. The molecule has 19 heavy (non-hydrogen) atoms. The molecule has 0 amide bonds. The molecule has 1 aliphatic carbocycles. The molecule has 1 heterocycles. The average Bonchev–Trinajstić information content (AvgIpc) is 2.61. The van der Waals surface area contributed by atoms with Gasteiger partial charge in [-0.2, -0.15) is 0 Å². The van der Waals surface area contributed by atoms with Gasteiger partial charge in [0.2, 0.25) is 5.95 Å². The molecule has 0 saturated heterocycles. The molecule has 1 aliphatic rings. The molecule has 0 atom stereocenters. The monoisotopic (exact) mass is 263 g/mol. The van der Waals surface area contributed by atoms with Crippen LogP contribution in [-0.4, -0.2) is 15.6 Å². The zero-order valence-electron chi connectivity index (χ0n) is 13.2. The molecule has 0 aromatic carbocycles. The smallest absolute Gasteiger partial charge is 0.202 e. The molecule has 3 heteroatoms. The normalized spacial score (nSPS) is 22.4. The molecule has 0 aliphatic heterocycles. The Morgan fingerprint density at radius 2 is 1.89 bits per heavy atom. The molecule has 2 rings (SSSR count). The Labute approximate surface area is 117 Å².